The Morgan fingerprint density at radius 1 is 1.28 bits per heavy atom. The maximum absolute atomic E-state index is 11.9. The van der Waals surface area contributed by atoms with Gasteiger partial charge < -0.3 is 15.0 Å². The molecule has 0 aliphatic rings. The number of nitrogens with one attached hydrogen (secondary N) is 2. The number of hydrogen-bond acceptors (Lipinski definition) is 6. The van der Waals surface area contributed by atoms with Gasteiger partial charge in [0.1, 0.15) is 0 Å². The molecule has 1 aromatic heterocycles. The number of ether oxygens (including phenoxy) is 1. The zero-order valence-corrected chi connectivity index (χ0v) is 14.8. The quantitative estimate of drug-likeness (QED) is 0.446. The van der Waals surface area contributed by atoms with Crippen molar-refractivity contribution in [3.05, 3.63) is 52.4 Å². The highest BCUT2D eigenvalue weighted by Crippen LogP contribution is 2.14. The summed E-state index contributed by atoms with van der Waals surface area (Å²) in [6, 6.07) is 7.78. The molecule has 0 aliphatic heterocycles. The lowest BCUT2D eigenvalue weighted by Gasteiger charge is -2.11. The van der Waals surface area contributed by atoms with Crippen LogP contribution in [0.4, 0.5) is 5.69 Å². The maximum Gasteiger partial charge on any atom is 0.338 e. The van der Waals surface area contributed by atoms with Gasteiger partial charge >= 0.3 is 5.97 Å². The number of esters is 1. The van der Waals surface area contributed by atoms with E-state index in [0.29, 0.717) is 16.4 Å². The zero-order valence-electron chi connectivity index (χ0n) is 13.9. The molecular weight excluding hydrogens is 342 g/mol. The number of aromatic nitrogens is 2. The maximum atomic E-state index is 11.9. The van der Waals surface area contributed by atoms with Crippen molar-refractivity contribution in [1.82, 2.24) is 9.97 Å². The van der Waals surface area contributed by atoms with Crippen LogP contribution in [0.1, 0.15) is 30.6 Å². The fraction of sp³-hybridized carbons (Fsp3) is 0.294. The van der Waals surface area contributed by atoms with Crippen LogP contribution in [0.5, 0.6) is 0 Å². The molecule has 2 N–H and O–H groups in total. The largest absolute Gasteiger partial charge is 0.459 e. The molecule has 1 aromatic carbocycles. The van der Waals surface area contributed by atoms with Gasteiger partial charge in [0, 0.05) is 18.0 Å². The Morgan fingerprint density at radius 3 is 2.64 bits per heavy atom. The number of amides is 1. The molecule has 0 saturated carbocycles. The Kier molecular flexibility index (Phi) is 6.76. The second kappa shape index (κ2) is 9.03. The molecule has 7 nitrogen and oxygen atoms in total. The van der Waals surface area contributed by atoms with Crippen molar-refractivity contribution >= 4 is 29.3 Å². The normalized spacial score (nSPS) is 11.6. The molecule has 0 saturated heterocycles. The first kappa shape index (κ1) is 18.7. The highest BCUT2D eigenvalue weighted by atomic mass is 32.2. The minimum atomic E-state index is -0.387. The molecule has 2 aromatic rings. The third kappa shape index (κ3) is 6.07. The van der Waals surface area contributed by atoms with Crippen LogP contribution in [-0.4, -0.2) is 33.7 Å². The molecule has 0 spiro atoms. The number of aromatic amines is 1. The Morgan fingerprint density at radius 2 is 2.00 bits per heavy atom. The lowest BCUT2D eigenvalue weighted by atomic mass is 10.2. The highest BCUT2D eigenvalue weighted by Gasteiger charge is 2.11. The zero-order chi connectivity index (χ0) is 18.2. The number of anilines is 1. The lowest BCUT2D eigenvalue weighted by Crippen LogP contribution is -2.16. The molecule has 0 fully saturated rings. The van der Waals surface area contributed by atoms with E-state index < -0.39 is 0 Å². The average Bonchev–Trinajstić information content (AvgIpc) is 2.60. The van der Waals surface area contributed by atoms with Crippen LogP contribution in [-0.2, 0) is 9.53 Å². The number of benzene rings is 1. The van der Waals surface area contributed by atoms with Crippen molar-refractivity contribution < 1.29 is 14.3 Å². The first-order valence-electron chi connectivity index (χ1n) is 7.77. The number of carbonyl (C=O) groups is 2. The summed E-state index contributed by atoms with van der Waals surface area (Å²) in [5, 5.41) is 3.09. The van der Waals surface area contributed by atoms with Crippen LogP contribution < -0.4 is 10.9 Å². The Balaban J connectivity index is 1.86. The molecule has 2 rings (SSSR count). The van der Waals surface area contributed by atoms with Crippen molar-refractivity contribution in [1.29, 1.82) is 0 Å². The summed E-state index contributed by atoms with van der Waals surface area (Å²) in [5.41, 5.74) is 0.733. The third-order valence-electron chi connectivity index (χ3n) is 3.28. The molecule has 8 heteroatoms. The van der Waals surface area contributed by atoms with Crippen LogP contribution in [0.25, 0.3) is 0 Å². The number of thioether (sulfide) groups is 1. The minimum absolute atomic E-state index is 0.102. The SMILES string of the molecule is CC[C@@H](C)OC(=O)c1ccc(NC(=O)CSc2nccc(=O)[nH]2)cc1. The summed E-state index contributed by atoms with van der Waals surface area (Å²) in [5.74, 6) is -0.529. The molecule has 132 valence electrons. The second-order valence-electron chi connectivity index (χ2n) is 5.28. The molecule has 0 unspecified atom stereocenters. The molecule has 25 heavy (non-hydrogen) atoms. The average molecular weight is 361 g/mol. The lowest BCUT2D eigenvalue weighted by molar-refractivity contribution is -0.113. The molecule has 0 bridgehead atoms. The predicted octanol–water partition coefficient (Wildman–Crippen LogP) is 2.46. The molecule has 0 radical (unpaired) electrons. The number of hydrogen-bond donors (Lipinski definition) is 2. The van der Waals surface area contributed by atoms with E-state index in [0.717, 1.165) is 18.2 Å². The summed E-state index contributed by atoms with van der Waals surface area (Å²) in [6.07, 6.45) is 2.00. The minimum Gasteiger partial charge on any atom is -0.459 e. The smallest absolute Gasteiger partial charge is 0.338 e. The molecule has 1 atom stereocenters. The van der Waals surface area contributed by atoms with E-state index in [9.17, 15) is 14.4 Å². The van der Waals surface area contributed by atoms with E-state index in [1.54, 1.807) is 24.3 Å². The van der Waals surface area contributed by atoms with Gasteiger partial charge in [0.25, 0.3) is 5.56 Å². The van der Waals surface area contributed by atoms with Gasteiger partial charge in [-0.05, 0) is 37.6 Å². The van der Waals surface area contributed by atoms with E-state index >= 15 is 0 Å². The topological polar surface area (TPSA) is 101 Å². The van der Waals surface area contributed by atoms with Gasteiger partial charge in [-0.1, -0.05) is 18.7 Å². The second-order valence-corrected chi connectivity index (χ2v) is 6.24. The highest BCUT2D eigenvalue weighted by molar-refractivity contribution is 7.99. The van der Waals surface area contributed by atoms with E-state index in [1.807, 2.05) is 13.8 Å². The van der Waals surface area contributed by atoms with Gasteiger partial charge in [-0.3, -0.25) is 9.59 Å². The molecule has 1 heterocycles. The van der Waals surface area contributed by atoms with E-state index in [4.69, 9.17) is 4.74 Å². The number of carbonyl (C=O) groups excluding carboxylic acids is 2. The molecule has 0 aliphatic carbocycles. The first-order valence-corrected chi connectivity index (χ1v) is 8.75. The van der Waals surface area contributed by atoms with Crippen LogP contribution in [0.15, 0.2) is 46.5 Å². The first-order chi connectivity index (χ1) is 12.0. The fourth-order valence-electron chi connectivity index (χ4n) is 1.78. The summed E-state index contributed by atoms with van der Waals surface area (Å²) < 4.78 is 5.24. The Hall–Kier alpha value is -2.61. The summed E-state index contributed by atoms with van der Waals surface area (Å²) >= 11 is 1.13. The summed E-state index contributed by atoms with van der Waals surface area (Å²) in [4.78, 5) is 41.5. The third-order valence-corrected chi connectivity index (χ3v) is 4.16. The van der Waals surface area contributed by atoms with E-state index in [1.165, 1.54) is 12.3 Å². The molecular formula is C17H19N3O4S. The predicted molar refractivity (Wildman–Crippen MR) is 95.8 cm³/mol. The van der Waals surface area contributed by atoms with Crippen molar-refractivity contribution in [2.45, 2.75) is 31.5 Å². The van der Waals surface area contributed by atoms with Gasteiger partial charge in [0.05, 0.1) is 17.4 Å². The van der Waals surface area contributed by atoms with Gasteiger partial charge in [-0.15, -0.1) is 0 Å². The van der Waals surface area contributed by atoms with Crippen molar-refractivity contribution in [2.75, 3.05) is 11.1 Å². The number of rotatable bonds is 7. The monoisotopic (exact) mass is 361 g/mol. The molecule has 1 amide bonds. The van der Waals surface area contributed by atoms with Crippen LogP contribution in [0.2, 0.25) is 0 Å². The van der Waals surface area contributed by atoms with Crippen LogP contribution >= 0.6 is 11.8 Å². The van der Waals surface area contributed by atoms with Crippen LogP contribution in [0.3, 0.4) is 0 Å². The van der Waals surface area contributed by atoms with Crippen molar-refractivity contribution in [2.24, 2.45) is 0 Å². The van der Waals surface area contributed by atoms with Gasteiger partial charge in [-0.25, -0.2) is 9.78 Å². The summed E-state index contributed by atoms with van der Waals surface area (Å²) in [6.45, 7) is 3.77. The Bertz CT molecular complexity index is 789. The number of H-pyrrole nitrogens is 1. The summed E-state index contributed by atoms with van der Waals surface area (Å²) in [7, 11) is 0. The Labute approximate surface area is 149 Å². The van der Waals surface area contributed by atoms with E-state index in [2.05, 4.69) is 15.3 Å². The van der Waals surface area contributed by atoms with Gasteiger partial charge in [-0.2, -0.15) is 0 Å². The fourth-order valence-corrected chi connectivity index (χ4v) is 2.43. The van der Waals surface area contributed by atoms with E-state index in [-0.39, 0.29) is 29.3 Å². The van der Waals surface area contributed by atoms with Gasteiger partial charge in [0.2, 0.25) is 5.91 Å². The van der Waals surface area contributed by atoms with Gasteiger partial charge in [0.15, 0.2) is 5.16 Å². The van der Waals surface area contributed by atoms with Crippen molar-refractivity contribution in [3.63, 3.8) is 0 Å². The number of nitrogens with zero attached hydrogens (tertiary/aromatic N) is 1. The van der Waals surface area contributed by atoms with Crippen LogP contribution in [0, 0.1) is 0 Å². The van der Waals surface area contributed by atoms with Crippen molar-refractivity contribution in [3.8, 4) is 0 Å². The standard InChI is InChI=1S/C17H19N3O4S/c1-3-11(2)24-16(23)12-4-6-13(7-5-12)19-15(22)10-25-17-18-9-8-14(21)20-17/h4-9,11H,3,10H2,1-2H3,(H,19,22)(H,18,20,21)/t11-/m1/s1.